The topological polar surface area (TPSA) is 108 Å². The zero-order chi connectivity index (χ0) is 19.4. The van der Waals surface area contributed by atoms with Crippen molar-refractivity contribution in [2.45, 2.75) is 43.1 Å². The third-order valence-electron chi connectivity index (χ3n) is 5.89. The largest absolute Gasteiger partial charge is 0.491 e. The van der Waals surface area contributed by atoms with E-state index in [0.29, 0.717) is 24.1 Å². The monoisotopic (exact) mass is 386 g/mol. The number of nitrogens with zero attached hydrogens (tertiary/aromatic N) is 2. The second-order valence-corrected chi connectivity index (χ2v) is 7.86. The van der Waals surface area contributed by atoms with Gasteiger partial charge in [0.2, 0.25) is 5.82 Å². The molecule has 0 radical (unpaired) electrons. The molecule has 2 N–H and O–H groups in total. The van der Waals surface area contributed by atoms with Crippen LogP contribution in [0.3, 0.4) is 0 Å². The van der Waals surface area contributed by atoms with Gasteiger partial charge in [0.05, 0.1) is 17.2 Å². The molecule has 4 aliphatic rings. The summed E-state index contributed by atoms with van der Waals surface area (Å²) in [6.45, 7) is 0.658. The van der Waals surface area contributed by atoms with Crippen LogP contribution in [0.15, 0.2) is 22.7 Å². The van der Waals surface area contributed by atoms with Gasteiger partial charge in [0, 0.05) is 25.3 Å². The van der Waals surface area contributed by atoms with E-state index in [0.717, 1.165) is 30.4 Å². The van der Waals surface area contributed by atoms with Crippen LogP contribution in [-0.4, -0.2) is 48.1 Å². The summed E-state index contributed by atoms with van der Waals surface area (Å²) in [6, 6.07) is 5.32. The van der Waals surface area contributed by atoms with Crippen molar-refractivity contribution in [3.8, 4) is 17.1 Å². The maximum absolute atomic E-state index is 12.4. The zero-order valence-corrected chi connectivity index (χ0v) is 15.8. The smallest absolute Gasteiger partial charge is 0.315 e. The van der Waals surface area contributed by atoms with Crippen molar-refractivity contribution in [2.24, 2.45) is 0 Å². The van der Waals surface area contributed by atoms with Crippen LogP contribution in [0.4, 0.5) is 4.79 Å². The van der Waals surface area contributed by atoms with Crippen molar-refractivity contribution < 1.29 is 23.5 Å². The van der Waals surface area contributed by atoms with E-state index in [1.165, 1.54) is 0 Å². The van der Waals surface area contributed by atoms with Crippen molar-refractivity contribution in [1.29, 1.82) is 0 Å². The highest BCUT2D eigenvalue weighted by molar-refractivity contribution is 5.77. The van der Waals surface area contributed by atoms with Crippen LogP contribution in [0, 0.1) is 0 Å². The van der Waals surface area contributed by atoms with E-state index < -0.39 is 0 Å². The highest BCUT2D eigenvalue weighted by Gasteiger charge is 2.69. The summed E-state index contributed by atoms with van der Waals surface area (Å²) in [7, 11) is 3.30. The van der Waals surface area contributed by atoms with E-state index in [1.807, 2.05) is 18.2 Å². The van der Waals surface area contributed by atoms with Gasteiger partial charge in [0.15, 0.2) is 0 Å². The first-order valence-corrected chi connectivity index (χ1v) is 9.26. The number of fused-ring (bicyclic) bond motifs is 1. The Bertz CT molecular complexity index is 907. The van der Waals surface area contributed by atoms with E-state index in [4.69, 9.17) is 18.7 Å². The minimum absolute atomic E-state index is 0.00498. The number of carbonyl (C=O) groups is 1. The predicted molar refractivity (Wildman–Crippen MR) is 96.7 cm³/mol. The van der Waals surface area contributed by atoms with Crippen LogP contribution in [0.5, 0.6) is 5.75 Å². The summed E-state index contributed by atoms with van der Waals surface area (Å²) in [5.41, 5.74) is 1.63. The Hall–Kier alpha value is -2.65. The normalized spacial score (nSPS) is 29.3. The summed E-state index contributed by atoms with van der Waals surface area (Å²) in [5.74, 6) is 1.60. The predicted octanol–water partition coefficient (Wildman–Crippen LogP) is 1.94. The molecule has 1 aromatic heterocycles. The molecule has 1 aliphatic heterocycles. The van der Waals surface area contributed by atoms with Crippen LogP contribution in [0.1, 0.15) is 36.8 Å². The minimum Gasteiger partial charge on any atom is -0.491 e. The number of urea groups is 1. The number of ether oxygens (including phenoxy) is 3. The molecular formula is C19H22N4O5. The fraction of sp³-hybridized carbons (Fsp3) is 0.526. The van der Waals surface area contributed by atoms with E-state index >= 15 is 0 Å². The van der Waals surface area contributed by atoms with Gasteiger partial charge in [-0.05, 0) is 25.3 Å². The standard InChI is InChI=1S/C19H22N4O5/c1-25-7-15-21-16(23-28-15)11-3-4-12-13(6-27-14(12)5-11)20-17(24)22-18-8-19(9-18,10-18)26-2/h3-5,13H,6-10H2,1-2H3,(H2,20,22,24)/t13-,18?,19?/m1/s1. The molecule has 1 atom stereocenters. The Morgan fingerprint density at radius 2 is 2.14 bits per heavy atom. The highest BCUT2D eigenvalue weighted by atomic mass is 16.5. The molecular weight excluding hydrogens is 364 g/mol. The first kappa shape index (κ1) is 17.4. The SMILES string of the molecule is COCc1nc(-c2ccc3c(c2)OC[C@H]3NC(=O)NC23CC(OC)(C2)C3)no1. The second-order valence-electron chi connectivity index (χ2n) is 7.86. The Labute approximate surface area is 161 Å². The van der Waals surface area contributed by atoms with E-state index in [9.17, 15) is 4.79 Å². The number of aromatic nitrogens is 2. The third kappa shape index (κ3) is 2.73. The van der Waals surface area contributed by atoms with Gasteiger partial charge >= 0.3 is 6.03 Å². The van der Waals surface area contributed by atoms with E-state index in [-0.39, 0.29) is 29.8 Å². The van der Waals surface area contributed by atoms with Crippen LogP contribution < -0.4 is 15.4 Å². The molecule has 6 rings (SSSR count). The Morgan fingerprint density at radius 3 is 2.89 bits per heavy atom. The average Bonchev–Trinajstić information content (AvgIpc) is 3.24. The fourth-order valence-corrected chi connectivity index (χ4v) is 4.50. The Morgan fingerprint density at radius 1 is 1.32 bits per heavy atom. The van der Waals surface area contributed by atoms with Gasteiger partial charge in [0.1, 0.15) is 19.0 Å². The number of nitrogens with one attached hydrogen (secondary N) is 2. The van der Waals surface area contributed by atoms with E-state index in [1.54, 1.807) is 14.2 Å². The molecule has 0 spiro atoms. The summed E-state index contributed by atoms with van der Waals surface area (Å²) >= 11 is 0. The molecule has 3 fully saturated rings. The Balaban J connectivity index is 1.23. The maximum Gasteiger partial charge on any atom is 0.315 e. The zero-order valence-electron chi connectivity index (χ0n) is 15.8. The van der Waals surface area contributed by atoms with Crippen molar-refractivity contribution in [1.82, 2.24) is 20.8 Å². The number of carbonyl (C=O) groups excluding carboxylic acids is 1. The van der Waals surface area contributed by atoms with Crippen LogP contribution in [0.2, 0.25) is 0 Å². The lowest BCUT2D eigenvalue weighted by Gasteiger charge is -2.69. The third-order valence-corrected chi connectivity index (χ3v) is 5.89. The van der Waals surface area contributed by atoms with Crippen molar-refractivity contribution in [3.05, 3.63) is 29.7 Å². The van der Waals surface area contributed by atoms with Crippen molar-refractivity contribution in [2.75, 3.05) is 20.8 Å². The minimum atomic E-state index is -0.192. The van der Waals surface area contributed by atoms with Gasteiger partial charge in [-0.15, -0.1) is 0 Å². The number of methoxy groups -OCH3 is 2. The molecule has 9 nitrogen and oxygen atoms in total. The summed E-state index contributed by atoms with van der Waals surface area (Å²) in [5, 5.41) is 10.1. The van der Waals surface area contributed by atoms with Gasteiger partial charge < -0.3 is 29.4 Å². The summed E-state index contributed by atoms with van der Waals surface area (Å²) < 4.78 is 21.4. The first-order chi connectivity index (χ1) is 13.5. The maximum atomic E-state index is 12.4. The lowest BCUT2D eigenvalue weighted by atomic mass is 9.46. The fourth-order valence-electron chi connectivity index (χ4n) is 4.50. The van der Waals surface area contributed by atoms with Crippen LogP contribution in [-0.2, 0) is 16.1 Å². The quantitative estimate of drug-likeness (QED) is 0.781. The number of hydrogen-bond acceptors (Lipinski definition) is 7. The molecule has 148 valence electrons. The summed E-state index contributed by atoms with van der Waals surface area (Å²) in [4.78, 5) is 16.7. The number of amides is 2. The van der Waals surface area contributed by atoms with Crippen molar-refractivity contribution >= 4 is 6.03 Å². The van der Waals surface area contributed by atoms with Crippen LogP contribution in [0.25, 0.3) is 11.4 Å². The highest BCUT2D eigenvalue weighted by Crippen LogP contribution is 2.62. The summed E-state index contributed by atoms with van der Waals surface area (Å²) in [6.07, 6.45) is 2.67. The van der Waals surface area contributed by atoms with Crippen LogP contribution >= 0.6 is 0 Å². The molecule has 1 aromatic carbocycles. The molecule has 3 saturated carbocycles. The van der Waals surface area contributed by atoms with Gasteiger partial charge in [-0.1, -0.05) is 17.3 Å². The number of rotatable bonds is 6. The lowest BCUT2D eigenvalue weighted by molar-refractivity contribution is -0.233. The van der Waals surface area contributed by atoms with Gasteiger partial charge in [-0.3, -0.25) is 0 Å². The molecule has 9 heteroatoms. The lowest BCUT2D eigenvalue weighted by Crippen LogP contribution is -2.79. The van der Waals surface area contributed by atoms with Gasteiger partial charge in [-0.25, -0.2) is 4.79 Å². The molecule has 2 aromatic rings. The number of hydrogen-bond donors (Lipinski definition) is 2. The Kier molecular flexibility index (Phi) is 3.85. The van der Waals surface area contributed by atoms with Gasteiger partial charge in [-0.2, -0.15) is 4.98 Å². The molecule has 0 saturated heterocycles. The molecule has 2 heterocycles. The second kappa shape index (κ2) is 6.18. The molecule has 2 amide bonds. The molecule has 28 heavy (non-hydrogen) atoms. The van der Waals surface area contributed by atoms with Crippen molar-refractivity contribution in [3.63, 3.8) is 0 Å². The number of benzene rings is 1. The average molecular weight is 386 g/mol. The molecule has 0 unspecified atom stereocenters. The first-order valence-electron chi connectivity index (χ1n) is 9.26. The van der Waals surface area contributed by atoms with E-state index in [2.05, 4.69) is 20.8 Å². The molecule has 3 aliphatic carbocycles. The molecule has 2 bridgehead atoms. The van der Waals surface area contributed by atoms with Gasteiger partial charge in [0.25, 0.3) is 5.89 Å².